The molecule has 3 aromatic rings. The first-order chi connectivity index (χ1) is 16.1. The number of carbonyl (C=O) groups excluding carboxylic acids is 2. The molecule has 7 nitrogen and oxygen atoms in total. The van der Waals surface area contributed by atoms with Crippen LogP contribution >= 0.6 is 34.9 Å². The lowest BCUT2D eigenvalue weighted by Gasteiger charge is -2.48. The molecule has 168 valence electrons. The number of β-lactam (4-membered cyclic amide) rings is 1. The summed E-state index contributed by atoms with van der Waals surface area (Å²) in [5.41, 5.74) is 10.5. The minimum atomic E-state index is -0.603. The van der Waals surface area contributed by atoms with Crippen molar-refractivity contribution in [3.8, 4) is 0 Å². The molecule has 2 atom stereocenters. The number of amides is 1. The Morgan fingerprint density at radius 2 is 1.82 bits per heavy atom. The van der Waals surface area contributed by atoms with Gasteiger partial charge < -0.3 is 10.5 Å². The maximum Gasteiger partial charge on any atom is 0.356 e. The molecular formula is C23H20N4O3S3. The van der Waals surface area contributed by atoms with Crippen LogP contribution in [0.15, 0.2) is 81.8 Å². The molecule has 0 aliphatic carbocycles. The van der Waals surface area contributed by atoms with Crippen LogP contribution in [-0.2, 0) is 14.3 Å². The van der Waals surface area contributed by atoms with E-state index in [1.807, 2.05) is 60.7 Å². The van der Waals surface area contributed by atoms with Crippen molar-refractivity contribution in [3.63, 3.8) is 0 Å². The number of thioether (sulfide) groups is 2. The van der Waals surface area contributed by atoms with Crippen LogP contribution in [0.1, 0.15) is 17.2 Å². The fourth-order valence-corrected chi connectivity index (χ4v) is 6.72. The number of esters is 1. The number of hydrogen-bond donors (Lipinski definition) is 1. The molecule has 3 heterocycles. The summed E-state index contributed by atoms with van der Waals surface area (Å²) in [6, 6.07) is 18.6. The minimum absolute atomic E-state index is 0.248. The van der Waals surface area contributed by atoms with Crippen molar-refractivity contribution in [2.75, 3.05) is 11.5 Å². The molecule has 0 spiro atoms. The smallest absolute Gasteiger partial charge is 0.356 e. The predicted molar refractivity (Wildman–Crippen MR) is 130 cm³/mol. The molecule has 0 radical (unpaired) electrons. The van der Waals surface area contributed by atoms with Gasteiger partial charge in [0.25, 0.3) is 0 Å². The molecule has 0 bridgehead atoms. The Hall–Kier alpha value is -2.66. The third kappa shape index (κ3) is 4.43. The maximum absolute atomic E-state index is 13.6. The quantitative estimate of drug-likeness (QED) is 0.302. The van der Waals surface area contributed by atoms with Gasteiger partial charge in [-0.1, -0.05) is 83.8 Å². The molecule has 2 aliphatic rings. The summed E-state index contributed by atoms with van der Waals surface area (Å²) in [6.45, 7) is 0. The van der Waals surface area contributed by atoms with Crippen LogP contribution < -0.4 is 5.73 Å². The molecule has 5 rings (SSSR count). The molecular weight excluding hydrogens is 476 g/mol. The second kappa shape index (κ2) is 9.68. The number of nitrogens with zero attached hydrogens (tertiary/aromatic N) is 3. The average molecular weight is 497 g/mol. The van der Waals surface area contributed by atoms with Crippen molar-refractivity contribution in [2.45, 2.75) is 21.9 Å². The highest BCUT2D eigenvalue weighted by atomic mass is 32.2. The Morgan fingerprint density at radius 1 is 1.15 bits per heavy atom. The summed E-state index contributed by atoms with van der Waals surface area (Å²) < 4.78 is 6.90. The maximum atomic E-state index is 13.6. The predicted octanol–water partition coefficient (Wildman–Crippen LogP) is 3.46. The number of carbonyl (C=O) groups is 2. The van der Waals surface area contributed by atoms with Crippen molar-refractivity contribution < 1.29 is 14.3 Å². The molecule has 1 unspecified atom stereocenters. The van der Waals surface area contributed by atoms with Gasteiger partial charge in [0.15, 0.2) is 10.4 Å². The van der Waals surface area contributed by atoms with Crippen LogP contribution in [0, 0.1) is 0 Å². The number of aromatic nitrogens is 2. The zero-order chi connectivity index (χ0) is 22.8. The first-order valence-corrected chi connectivity index (χ1v) is 13.2. The summed E-state index contributed by atoms with van der Waals surface area (Å²) in [5.74, 6) is 0.332. The Labute approximate surface area is 203 Å². The van der Waals surface area contributed by atoms with Gasteiger partial charge in [-0.3, -0.25) is 9.69 Å². The van der Waals surface area contributed by atoms with E-state index < -0.39 is 18.1 Å². The Kier molecular flexibility index (Phi) is 6.50. The third-order valence-corrected chi connectivity index (χ3v) is 8.73. The first-order valence-electron chi connectivity index (χ1n) is 10.3. The molecule has 2 aliphatic heterocycles. The molecule has 1 fully saturated rings. The molecule has 10 heteroatoms. The van der Waals surface area contributed by atoms with Crippen molar-refractivity contribution in [3.05, 3.63) is 88.6 Å². The zero-order valence-corrected chi connectivity index (χ0v) is 19.8. The van der Waals surface area contributed by atoms with Gasteiger partial charge in [-0.05, 0) is 16.7 Å². The van der Waals surface area contributed by atoms with E-state index in [9.17, 15) is 9.59 Å². The van der Waals surface area contributed by atoms with Gasteiger partial charge in [-0.15, -0.1) is 22.0 Å². The van der Waals surface area contributed by atoms with E-state index in [-0.39, 0.29) is 11.3 Å². The lowest BCUT2D eigenvalue weighted by molar-refractivity contribution is -0.153. The van der Waals surface area contributed by atoms with Gasteiger partial charge in [-0.25, -0.2) is 4.79 Å². The minimum Gasteiger partial charge on any atom is -0.448 e. The number of benzene rings is 2. The molecule has 1 amide bonds. The highest BCUT2D eigenvalue weighted by molar-refractivity contribution is 8.01. The number of nitrogens with two attached hydrogens (primary N) is 1. The Morgan fingerprint density at radius 3 is 2.42 bits per heavy atom. The summed E-state index contributed by atoms with van der Waals surface area (Å²) in [6.07, 6.45) is -0.595. The van der Waals surface area contributed by atoms with Crippen LogP contribution in [-0.4, -0.2) is 49.9 Å². The lowest BCUT2D eigenvalue weighted by Crippen LogP contribution is -2.68. The van der Waals surface area contributed by atoms with E-state index in [2.05, 4.69) is 10.2 Å². The highest BCUT2D eigenvalue weighted by Gasteiger charge is 2.52. The SMILES string of the molecule is NC1C(=O)N2C(C(=O)OC(c3ccccc3)c3ccccc3)=C(CSc3nncs3)CS[C@@H]12. The molecule has 33 heavy (non-hydrogen) atoms. The van der Waals surface area contributed by atoms with Gasteiger partial charge in [0.1, 0.15) is 22.6 Å². The molecule has 2 aromatic carbocycles. The molecule has 2 N–H and O–H groups in total. The van der Waals surface area contributed by atoms with E-state index in [0.29, 0.717) is 17.2 Å². The van der Waals surface area contributed by atoms with Crippen molar-refractivity contribution in [2.24, 2.45) is 5.73 Å². The Balaban J connectivity index is 1.47. The topological polar surface area (TPSA) is 98.4 Å². The van der Waals surface area contributed by atoms with E-state index in [0.717, 1.165) is 21.0 Å². The van der Waals surface area contributed by atoms with Gasteiger partial charge >= 0.3 is 5.97 Å². The van der Waals surface area contributed by atoms with Gasteiger partial charge in [0.05, 0.1) is 0 Å². The number of ether oxygens (including phenoxy) is 1. The van der Waals surface area contributed by atoms with Crippen LogP contribution in [0.25, 0.3) is 0 Å². The molecule has 1 aromatic heterocycles. The van der Waals surface area contributed by atoms with Crippen molar-refractivity contribution >= 4 is 46.7 Å². The van der Waals surface area contributed by atoms with Gasteiger partial charge in [0, 0.05) is 11.5 Å². The number of fused-ring (bicyclic) bond motifs is 1. The fourth-order valence-electron chi connectivity index (χ4n) is 3.80. The van der Waals surface area contributed by atoms with Crippen LogP contribution in [0.3, 0.4) is 0 Å². The van der Waals surface area contributed by atoms with E-state index in [4.69, 9.17) is 10.5 Å². The summed E-state index contributed by atoms with van der Waals surface area (Å²) in [5, 5.41) is 7.67. The molecule has 0 saturated carbocycles. The molecule has 1 saturated heterocycles. The van der Waals surface area contributed by atoms with Crippen LogP contribution in [0.2, 0.25) is 0 Å². The average Bonchev–Trinajstić information content (AvgIpc) is 3.39. The van der Waals surface area contributed by atoms with Crippen LogP contribution in [0.5, 0.6) is 0 Å². The second-order valence-corrected chi connectivity index (χ2v) is 10.6. The number of hydrogen-bond acceptors (Lipinski definition) is 9. The van der Waals surface area contributed by atoms with Gasteiger partial charge in [0.2, 0.25) is 5.91 Å². The van der Waals surface area contributed by atoms with Crippen LogP contribution in [0.4, 0.5) is 0 Å². The van der Waals surface area contributed by atoms with E-state index in [1.165, 1.54) is 28.0 Å². The lowest BCUT2D eigenvalue weighted by atomic mass is 10.0. The zero-order valence-electron chi connectivity index (χ0n) is 17.4. The Bertz CT molecular complexity index is 1130. The second-order valence-electron chi connectivity index (χ2n) is 7.49. The van der Waals surface area contributed by atoms with E-state index >= 15 is 0 Å². The standard InChI is InChI=1S/C23H20N4O3S3/c24-17-20(28)27-18(16(11-31-21(17)27)12-32-23-26-25-13-33-23)22(29)30-19(14-7-3-1-4-8-14)15-9-5-2-6-10-15/h1-10,13,17,19,21H,11-12,24H2/t17?,21-/m0/s1. The largest absolute Gasteiger partial charge is 0.448 e. The summed E-state index contributed by atoms with van der Waals surface area (Å²) in [7, 11) is 0. The number of rotatable bonds is 7. The first kappa shape index (κ1) is 22.1. The summed E-state index contributed by atoms with van der Waals surface area (Å²) in [4.78, 5) is 27.7. The van der Waals surface area contributed by atoms with E-state index in [1.54, 1.807) is 17.3 Å². The normalized spacial score (nSPS) is 19.9. The van der Waals surface area contributed by atoms with Crippen molar-refractivity contribution in [1.82, 2.24) is 15.1 Å². The summed E-state index contributed by atoms with van der Waals surface area (Å²) >= 11 is 4.50. The monoisotopic (exact) mass is 496 g/mol. The van der Waals surface area contributed by atoms with Crippen molar-refractivity contribution in [1.29, 1.82) is 0 Å². The fraction of sp³-hybridized carbons (Fsp3) is 0.217. The van der Waals surface area contributed by atoms with Gasteiger partial charge in [-0.2, -0.15) is 0 Å². The highest BCUT2D eigenvalue weighted by Crippen LogP contribution is 2.42. The third-order valence-electron chi connectivity index (χ3n) is 5.42.